The molecular weight excluding hydrogens is 206 g/mol. The summed E-state index contributed by atoms with van der Waals surface area (Å²) in [6, 6.07) is 1.52. The second-order valence-corrected chi connectivity index (χ2v) is 3.66. The zero-order valence-electron chi connectivity index (χ0n) is 9.77. The third kappa shape index (κ3) is 2.65. The average molecular weight is 225 g/mol. The maximum Gasteiger partial charge on any atom is 0.238 e. The van der Waals surface area contributed by atoms with Crippen molar-refractivity contribution < 1.29 is 5.21 Å². The third-order valence-electron chi connectivity index (χ3n) is 2.25. The maximum atomic E-state index is 9.30. The molecule has 6 heteroatoms. The van der Waals surface area contributed by atoms with Crippen molar-refractivity contribution in [1.29, 1.82) is 5.41 Å². The summed E-state index contributed by atoms with van der Waals surface area (Å²) < 4.78 is 0.569. The first-order chi connectivity index (χ1) is 7.60. The molecule has 0 unspecified atom stereocenters. The quantitative estimate of drug-likeness (QED) is 0.647. The molecule has 1 aromatic heterocycles. The molecule has 0 amide bonds. The van der Waals surface area contributed by atoms with Crippen molar-refractivity contribution in [3.05, 3.63) is 11.6 Å². The molecule has 1 heterocycles. The Morgan fingerprint density at radius 3 is 2.44 bits per heavy atom. The van der Waals surface area contributed by atoms with Crippen LogP contribution in [0.3, 0.4) is 0 Å². The van der Waals surface area contributed by atoms with Gasteiger partial charge in [0.15, 0.2) is 5.49 Å². The molecule has 0 aliphatic heterocycles. The number of nitrogens with two attached hydrogens (primary N) is 1. The van der Waals surface area contributed by atoms with Crippen LogP contribution in [0, 0.1) is 5.41 Å². The van der Waals surface area contributed by atoms with E-state index in [-0.39, 0.29) is 11.4 Å². The molecule has 0 saturated heterocycles. The van der Waals surface area contributed by atoms with Crippen LogP contribution < -0.4 is 16.1 Å². The van der Waals surface area contributed by atoms with Crippen LogP contribution in [0.15, 0.2) is 6.07 Å². The highest BCUT2D eigenvalue weighted by Crippen LogP contribution is 2.10. The summed E-state index contributed by atoms with van der Waals surface area (Å²) in [5, 5.41) is 16.8. The summed E-state index contributed by atoms with van der Waals surface area (Å²) in [6.07, 6.45) is 2.01. The van der Waals surface area contributed by atoms with Crippen LogP contribution in [0.2, 0.25) is 0 Å². The van der Waals surface area contributed by atoms with E-state index in [0.29, 0.717) is 10.5 Å². The number of hydrogen-bond donors (Lipinski definition) is 3. The topological polar surface area (TPSA) is 91.2 Å². The summed E-state index contributed by atoms with van der Waals surface area (Å²) in [6.45, 7) is 5.91. The van der Waals surface area contributed by atoms with Gasteiger partial charge < -0.3 is 15.8 Å². The Kier molecular flexibility index (Phi) is 4.16. The minimum Gasteiger partial charge on any atom is -0.423 e. The van der Waals surface area contributed by atoms with Gasteiger partial charge in [0.1, 0.15) is 5.82 Å². The van der Waals surface area contributed by atoms with E-state index in [2.05, 4.69) is 23.7 Å². The number of hydrogen-bond acceptors (Lipinski definition) is 5. The zero-order valence-corrected chi connectivity index (χ0v) is 9.77. The highest BCUT2D eigenvalue weighted by molar-refractivity contribution is 5.40. The molecule has 0 spiro atoms. The van der Waals surface area contributed by atoms with Crippen LogP contribution in [-0.2, 0) is 0 Å². The number of nitrogens with zero attached hydrogens (tertiary/aromatic N) is 3. The van der Waals surface area contributed by atoms with Crippen molar-refractivity contribution in [1.82, 2.24) is 9.71 Å². The molecule has 0 radical (unpaired) electrons. The van der Waals surface area contributed by atoms with E-state index in [9.17, 15) is 5.21 Å². The first-order valence-electron chi connectivity index (χ1n) is 5.48. The molecule has 16 heavy (non-hydrogen) atoms. The van der Waals surface area contributed by atoms with E-state index in [0.717, 1.165) is 25.9 Å². The van der Waals surface area contributed by atoms with Crippen molar-refractivity contribution in [2.24, 2.45) is 0 Å². The Hall–Kier alpha value is -1.72. The van der Waals surface area contributed by atoms with Gasteiger partial charge in [0.2, 0.25) is 5.95 Å². The van der Waals surface area contributed by atoms with E-state index in [1.54, 1.807) is 0 Å². The monoisotopic (exact) mass is 225 g/mol. The molecule has 0 saturated carbocycles. The van der Waals surface area contributed by atoms with Crippen LogP contribution in [0.1, 0.15) is 26.7 Å². The van der Waals surface area contributed by atoms with Gasteiger partial charge in [0.05, 0.1) is 0 Å². The Labute approximate surface area is 94.8 Å². The fourth-order valence-electron chi connectivity index (χ4n) is 1.55. The fraction of sp³-hybridized carbons (Fsp3) is 0.600. The van der Waals surface area contributed by atoms with Gasteiger partial charge >= 0.3 is 0 Å². The first kappa shape index (κ1) is 12.4. The lowest BCUT2D eigenvalue weighted by molar-refractivity contribution is 0.174. The molecule has 4 N–H and O–H groups in total. The van der Waals surface area contributed by atoms with E-state index in [1.165, 1.54) is 6.07 Å². The Bertz CT molecular complexity index is 395. The smallest absolute Gasteiger partial charge is 0.238 e. The number of aromatic nitrogens is 2. The van der Waals surface area contributed by atoms with Crippen molar-refractivity contribution in [3.8, 4) is 0 Å². The largest absolute Gasteiger partial charge is 0.423 e. The average Bonchev–Trinajstić information content (AvgIpc) is 2.25. The lowest BCUT2D eigenvalue weighted by Gasteiger charge is -2.22. The van der Waals surface area contributed by atoms with Crippen LogP contribution in [0.25, 0.3) is 0 Å². The molecule has 0 aliphatic rings. The van der Waals surface area contributed by atoms with Crippen LogP contribution in [-0.4, -0.2) is 28.0 Å². The molecule has 0 aliphatic carbocycles. The first-order valence-corrected chi connectivity index (χ1v) is 5.48. The standard InChI is InChI=1S/C10H19N5O/c1-3-5-14(6-4-2)9-7-8(11)15(16)10(12)13-9/h7,11,16H,3-6H2,1-2H3,(H2,12,13). The van der Waals surface area contributed by atoms with Gasteiger partial charge in [-0.1, -0.05) is 13.8 Å². The Morgan fingerprint density at radius 2 is 2.00 bits per heavy atom. The molecule has 0 fully saturated rings. The highest BCUT2D eigenvalue weighted by atomic mass is 16.5. The van der Waals surface area contributed by atoms with Crippen molar-refractivity contribution in [2.75, 3.05) is 23.7 Å². The predicted molar refractivity (Wildman–Crippen MR) is 62.5 cm³/mol. The van der Waals surface area contributed by atoms with Gasteiger partial charge in [-0.2, -0.15) is 4.98 Å². The van der Waals surface area contributed by atoms with Crippen LogP contribution in [0.5, 0.6) is 0 Å². The SMILES string of the molecule is CCCN(CCC)c1cc(=N)n(O)c(N)n1. The number of nitrogen functional groups attached to an aromatic ring is 1. The molecule has 90 valence electrons. The normalized spacial score (nSPS) is 10.4. The van der Waals surface area contributed by atoms with E-state index >= 15 is 0 Å². The van der Waals surface area contributed by atoms with Crippen LogP contribution >= 0.6 is 0 Å². The number of nitrogens with one attached hydrogen (secondary N) is 1. The van der Waals surface area contributed by atoms with E-state index in [4.69, 9.17) is 11.1 Å². The second kappa shape index (κ2) is 5.39. The van der Waals surface area contributed by atoms with Crippen molar-refractivity contribution >= 4 is 11.8 Å². The molecule has 6 nitrogen and oxygen atoms in total. The van der Waals surface area contributed by atoms with Gasteiger partial charge in [-0.05, 0) is 12.8 Å². The van der Waals surface area contributed by atoms with Crippen molar-refractivity contribution in [2.45, 2.75) is 26.7 Å². The summed E-state index contributed by atoms with van der Waals surface area (Å²) in [4.78, 5) is 6.13. The van der Waals surface area contributed by atoms with Gasteiger partial charge in [0, 0.05) is 19.2 Å². The minimum absolute atomic E-state index is 0.0558. The van der Waals surface area contributed by atoms with E-state index < -0.39 is 0 Å². The van der Waals surface area contributed by atoms with E-state index in [1.807, 2.05) is 0 Å². The lowest BCUT2D eigenvalue weighted by atomic mass is 10.3. The Morgan fingerprint density at radius 1 is 1.44 bits per heavy atom. The third-order valence-corrected chi connectivity index (χ3v) is 2.25. The number of rotatable bonds is 5. The predicted octanol–water partition coefficient (Wildman–Crippen LogP) is 0.808. The summed E-state index contributed by atoms with van der Waals surface area (Å²) >= 11 is 0. The van der Waals surface area contributed by atoms with Gasteiger partial charge in [-0.3, -0.25) is 5.41 Å². The second-order valence-electron chi connectivity index (χ2n) is 3.66. The fourth-order valence-corrected chi connectivity index (χ4v) is 1.55. The molecular formula is C10H19N5O. The highest BCUT2D eigenvalue weighted by Gasteiger charge is 2.09. The minimum atomic E-state index is -0.0558. The van der Waals surface area contributed by atoms with Gasteiger partial charge in [-0.25, -0.2) is 0 Å². The summed E-state index contributed by atoms with van der Waals surface area (Å²) in [5.74, 6) is 0.594. The Balaban J connectivity index is 3.05. The molecule has 1 rings (SSSR count). The molecule has 0 aromatic carbocycles. The zero-order chi connectivity index (χ0) is 12.1. The van der Waals surface area contributed by atoms with Crippen molar-refractivity contribution in [3.63, 3.8) is 0 Å². The molecule has 0 atom stereocenters. The molecule has 1 aromatic rings. The summed E-state index contributed by atoms with van der Waals surface area (Å²) in [5.41, 5.74) is 5.45. The van der Waals surface area contributed by atoms with Gasteiger partial charge in [-0.15, -0.1) is 4.73 Å². The summed E-state index contributed by atoms with van der Waals surface area (Å²) in [7, 11) is 0. The lowest BCUT2D eigenvalue weighted by Crippen LogP contribution is -2.30. The molecule has 0 bridgehead atoms. The maximum absolute atomic E-state index is 9.30. The number of anilines is 2. The van der Waals surface area contributed by atoms with Gasteiger partial charge in [0.25, 0.3) is 0 Å². The van der Waals surface area contributed by atoms with Crippen LogP contribution in [0.4, 0.5) is 11.8 Å².